The predicted octanol–water partition coefficient (Wildman–Crippen LogP) is 2.81. The third-order valence-corrected chi connectivity index (χ3v) is 3.34. The summed E-state index contributed by atoms with van der Waals surface area (Å²) in [5.74, 6) is 1.02. The van der Waals surface area contributed by atoms with Gasteiger partial charge in [-0.3, -0.25) is 0 Å². The average Bonchev–Trinajstić information content (AvgIpc) is 2.83. The summed E-state index contributed by atoms with van der Waals surface area (Å²) >= 11 is 0. The van der Waals surface area contributed by atoms with E-state index in [1.807, 2.05) is 12.4 Å². The molecule has 0 spiro atoms. The van der Waals surface area contributed by atoms with E-state index >= 15 is 0 Å². The molecule has 19 heavy (non-hydrogen) atoms. The summed E-state index contributed by atoms with van der Waals surface area (Å²) in [5, 5.41) is 0. The molecule has 0 amide bonds. The summed E-state index contributed by atoms with van der Waals surface area (Å²) in [6, 6.07) is 12.7. The van der Waals surface area contributed by atoms with Crippen molar-refractivity contribution in [3.63, 3.8) is 0 Å². The first-order valence-corrected chi connectivity index (χ1v) is 6.51. The number of aryl methyl sites for hydroxylation is 1. The van der Waals surface area contributed by atoms with E-state index in [4.69, 9.17) is 5.73 Å². The highest BCUT2D eigenvalue weighted by atomic mass is 15.0. The van der Waals surface area contributed by atoms with Crippen LogP contribution in [0.25, 0.3) is 16.6 Å². The lowest BCUT2D eigenvalue weighted by Crippen LogP contribution is -2.06. The Morgan fingerprint density at radius 1 is 1.21 bits per heavy atom. The van der Waals surface area contributed by atoms with Gasteiger partial charge in [0.15, 0.2) is 0 Å². The number of rotatable bonds is 3. The smallest absolute Gasteiger partial charge is 0.114 e. The predicted molar refractivity (Wildman–Crippen MR) is 78.1 cm³/mol. The van der Waals surface area contributed by atoms with Crippen molar-refractivity contribution in [2.45, 2.75) is 13.3 Å². The molecule has 0 unspecified atom stereocenters. The van der Waals surface area contributed by atoms with Crippen molar-refractivity contribution >= 4 is 5.52 Å². The van der Waals surface area contributed by atoms with Crippen LogP contribution in [-0.4, -0.2) is 15.9 Å². The van der Waals surface area contributed by atoms with Crippen LogP contribution >= 0.6 is 0 Å². The van der Waals surface area contributed by atoms with E-state index in [2.05, 4.69) is 52.7 Å². The minimum Gasteiger partial charge on any atom is -0.330 e. The van der Waals surface area contributed by atoms with Crippen LogP contribution in [-0.2, 0) is 6.42 Å². The van der Waals surface area contributed by atoms with Crippen LogP contribution < -0.4 is 5.73 Å². The maximum atomic E-state index is 5.63. The van der Waals surface area contributed by atoms with Crippen molar-refractivity contribution in [1.82, 2.24) is 9.38 Å². The van der Waals surface area contributed by atoms with Gasteiger partial charge in [0, 0.05) is 18.2 Å². The lowest BCUT2D eigenvalue weighted by atomic mass is 10.0. The Labute approximate surface area is 112 Å². The Morgan fingerprint density at radius 3 is 2.89 bits per heavy atom. The second kappa shape index (κ2) is 4.86. The van der Waals surface area contributed by atoms with Crippen LogP contribution in [0.15, 0.2) is 48.8 Å². The average molecular weight is 251 g/mol. The molecule has 0 aliphatic carbocycles. The number of aromatic nitrogens is 2. The minimum absolute atomic E-state index is 0.619. The van der Waals surface area contributed by atoms with Gasteiger partial charge in [-0.25, -0.2) is 4.98 Å². The highest BCUT2D eigenvalue weighted by Gasteiger charge is 2.08. The molecule has 2 aromatic heterocycles. The van der Waals surface area contributed by atoms with Gasteiger partial charge in [0.25, 0.3) is 0 Å². The lowest BCUT2D eigenvalue weighted by molar-refractivity contribution is 0.863. The molecule has 2 N–H and O–H groups in total. The monoisotopic (exact) mass is 251 g/mol. The Hall–Kier alpha value is -2.13. The third kappa shape index (κ3) is 2.13. The van der Waals surface area contributed by atoms with Gasteiger partial charge in [0.1, 0.15) is 5.82 Å². The van der Waals surface area contributed by atoms with Gasteiger partial charge in [0.05, 0.1) is 11.7 Å². The molecule has 0 saturated heterocycles. The molecule has 1 aromatic carbocycles. The number of pyridine rings is 1. The fourth-order valence-corrected chi connectivity index (χ4v) is 2.45. The Bertz CT molecular complexity index is 713. The van der Waals surface area contributed by atoms with Crippen molar-refractivity contribution in [2.75, 3.05) is 6.54 Å². The fraction of sp³-hybridized carbons (Fsp3) is 0.188. The molecule has 0 bridgehead atoms. The van der Waals surface area contributed by atoms with Crippen molar-refractivity contribution in [3.05, 3.63) is 60.2 Å². The fourth-order valence-electron chi connectivity index (χ4n) is 2.45. The highest BCUT2D eigenvalue weighted by molar-refractivity contribution is 5.80. The molecule has 0 atom stereocenters. The quantitative estimate of drug-likeness (QED) is 0.778. The SMILES string of the molecule is Cc1cccc(-c2cccn3c(CCN)ncc23)c1. The molecule has 3 aromatic rings. The number of nitrogens with zero attached hydrogens (tertiary/aromatic N) is 2. The molecule has 0 aliphatic heterocycles. The molecule has 0 radical (unpaired) electrons. The number of benzene rings is 1. The number of nitrogens with two attached hydrogens (primary N) is 1. The zero-order valence-corrected chi connectivity index (χ0v) is 11.0. The second-order valence-electron chi connectivity index (χ2n) is 4.76. The molecule has 3 heteroatoms. The molecular formula is C16H17N3. The first-order valence-electron chi connectivity index (χ1n) is 6.51. The molecule has 96 valence electrons. The van der Waals surface area contributed by atoms with E-state index in [1.165, 1.54) is 16.7 Å². The summed E-state index contributed by atoms with van der Waals surface area (Å²) in [6.07, 6.45) is 4.78. The van der Waals surface area contributed by atoms with Crippen molar-refractivity contribution in [3.8, 4) is 11.1 Å². The standard InChI is InChI=1S/C16H17N3/c1-12-4-2-5-13(10-12)14-6-3-9-19-15(14)11-18-16(19)7-8-17/h2-6,9-11H,7-8,17H2,1H3. The number of hydrogen-bond acceptors (Lipinski definition) is 2. The zero-order valence-electron chi connectivity index (χ0n) is 11.0. The van der Waals surface area contributed by atoms with Crippen LogP contribution in [0.3, 0.4) is 0 Å². The summed E-state index contributed by atoms with van der Waals surface area (Å²) in [6.45, 7) is 2.73. The van der Waals surface area contributed by atoms with E-state index in [9.17, 15) is 0 Å². The van der Waals surface area contributed by atoms with E-state index in [1.54, 1.807) is 0 Å². The first kappa shape index (κ1) is 11.9. The summed E-state index contributed by atoms with van der Waals surface area (Å²) in [7, 11) is 0. The largest absolute Gasteiger partial charge is 0.330 e. The molecule has 0 aliphatic rings. The van der Waals surface area contributed by atoms with Gasteiger partial charge in [-0.1, -0.05) is 35.9 Å². The van der Waals surface area contributed by atoms with E-state index in [0.29, 0.717) is 6.54 Å². The second-order valence-corrected chi connectivity index (χ2v) is 4.76. The molecular weight excluding hydrogens is 234 g/mol. The summed E-state index contributed by atoms with van der Waals surface area (Å²) in [4.78, 5) is 4.48. The van der Waals surface area contributed by atoms with Crippen molar-refractivity contribution < 1.29 is 0 Å². The third-order valence-electron chi connectivity index (χ3n) is 3.34. The van der Waals surface area contributed by atoms with Gasteiger partial charge in [0.2, 0.25) is 0 Å². The molecule has 3 nitrogen and oxygen atoms in total. The highest BCUT2D eigenvalue weighted by Crippen LogP contribution is 2.25. The van der Waals surface area contributed by atoms with E-state index in [0.717, 1.165) is 17.8 Å². The van der Waals surface area contributed by atoms with E-state index in [-0.39, 0.29) is 0 Å². The van der Waals surface area contributed by atoms with Gasteiger partial charge in [-0.15, -0.1) is 0 Å². The van der Waals surface area contributed by atoms with Gasteiger partial charge in [-0.05, 0) is 25.1 Å². The lowest BCUT2D eigenvalue weighted by Gasteiger charge is -2.06. The minimum atomic E-state index is 0.619. The number of fused-ring (bicyclic) bond motifs is 1. The van der Waals surface area contributed by atoms with Gasteiger partial charge in [-0.2, -0.15) is 0 Å². The van der Waals surface area contributed by atoms with E-state index < -0.39 is 0 Å². The number of imidazole rings is 1. The normalized spacial score (nSPS) is 11.1. The zero-order chi connectivity index (χ0) is 13.2. The maximum Gasteiger partial charge on any atom is 0.114 e. The van der Waals surface area contributed by atoms with Crippen molar-refractivity contribution in [1.29, 1.82) is 0 Å². The summed E-state index contributed by atoms with van der Waals surface area (Å²) in [5.41, 5.74) is 10.5. The molecule has 2 heterocycles. The maximum absolute atomic E-state index is 5.63. The summed E-state index contributed by atoms with van der Waals surface area (Å²) < 4.78 is 2.13. The van der Waals surface area contributed by atoms with Gasteiger partial charge >= 0.3 is 0 Å². The molecule has 0 fully saturated rings. The Kier molecular flexibility index (Phi) is 3.05. The Balaban J connectivity index is 2.19. The van der Waals surface area contributed by atoms with Crippen LogP contribution in [0.4, 0.5) is 0 Å². The van der Waals surface area contributed by atoms with Gasteiger partial charge < -0.3 is 10.1 Å². The Morgan fingerprint density at radius 2 is 2.11 bits per heavy atom. The molecule has 3 rings (SSSR count). The topological polar surface area (TPSA) is 43.3 Å². The van der Waals surface area contributed by atoms with Crippen LogP contribution in [0.5, 0.6) is 0 Å². The van der Waals surface area contributed by atoms with Crippen LogP contribution in [0.1, 0.15) is 11.4 Å². The van der Waals surface area contributed by atoms with Crippen LogP contribution in [0, 0.1) is 6.92 Å². The number of hydrogen-bond donors (Lipinski definition) is 1. The first-order chi connectivity index (χ1) is 9.29. The van der Waals surface area contributed by atoms with Crippen LogP contribution in [0.2, 0.25) is 0 Å². The van der Waals surface area contributed by atoms with Crippen molar-refractivity contribution in [2.24, 2.45) is 5.73 Å². The molecule has 0 saturated carbocycles.